The van der Waals surface area contributed by atoms with Crippen LogP contribution in [0.15, 0.2) is 30.3 Å². The van der Waals surface area contributed by atoms with Gasteiger partial charge in [-0.15, -0.1) is 0 Å². The van der Waals surface area contributed by atoms with Crippen LogP contribution in [0.3, 0.4) is 0 Å². The number of carbonyl (C=O) groups is 1. The van der Waals surface area contributed by atoms with Crippen LogP contribution in [0.5, 0.6) is 5.88 Å². The van der Waals surface area contributed by atoms with E-state index >= 15 is 0 Å². The van der Waals surface area contributed by atoms with Crippen LogP contribution in [0, 0.1) is 0 Å². The third-order valence-electron chi connectivity index (χ3n) is 2.91. The van der Waals surface area contributed by atoms with Gasteiger partial charge in [-0.25, -0.2) is 9.48 Å². The molecule has 21 heavy (non-hydrogen) atoms. The minimum atomic E-state index is -3.06. The van der Waals surface area contributed by atoms with E-state index in [0.717, 1.165) is 16.3 Å². The summed E-state index contributed by atoms with van der Waals surface area (Å²) in [4.78, 5) is 10.9. The molecule has 0 bridgehead atoms. The van der Waals surface area contributed by atoms with Gasteiger partial charge in [-0.1, -0.05) is 26.0 Å². The molecule has 0 unspecified atom stereocenters. The molecule has 0 radical (unpaired) electrons. The molecule has 1 aromatic heterocycles. The summed E-state index contributed by atoms with van der Waals surface area (Å²) in [5, 5.41) is 12.7. The van der Waals surface area contributed by atoms with E-state index in [2.05, 4.69) is 9.84 Å². The molecular weight excluding hydrogens is 282 g/mol. The Bertz CT molecular complexity index is 636. The zero-order valence-corrected chi connectivity index (χ0v) is 11.5. The van der Waals surface area contributed by atoms with Crippen molar-refractivity contribution in [2.45, 2.75) is 26.4 Å². The molecular formula is C14H14F2N2O3. The fraction of sp³-hybridized carbons (Fsp3) is 0.286. The number of hydrogen-bond donors (Lipinski definition) is 1. The van der Waals surface area contributed by atoms with E-state index in [0.29, 0.717) is 11.6 Å². The summed E-state index contributed by atoms with van der Waals surface area (Å²) < 4.78 is 30.1. The molecule has 112 valence electrons. The smallest absolute Gasteiger partial charge is 0.388 e. The largest absolute Gasteiger partial charge is 0.476 e. The zero-order chi connectivity index (χ0) is 15.6. The van der Waals surface area contributed by atoms with Crippen molar-refractivity contribution < 1.29 is 23.4 Å². The molecule has 0 aliphatic rings. The van der Waals surface area contributed by atoms with Crippen LogP contribution in [0.4, 0.5) is 8.78 Å². The van der Waals surface area contributed by atoms with Crippen LogP contribution in [0.25, 0.3) is 5.69 Å². The number of alkyl halides is 2. The Labute approximate surface area is 119 Å². The van der Waals surface area contributed by atoms with Crippen molar-refractivity contribution >= 4 is 5.97 Å². The first-order valence-corrected chi connectivity index (χ1v) is 6.27. The van der Waals surface area contributed by atoms with E-state index in [1.54, 1.807) is 12.1 Å². The van der Waals surface area contributed by atoms with E-state index in [1.165, 1.54) is 0 Å². The quantitative estimate of drug-likeness (QED) is 0.919. The van der Waals surface area contributed by atoms with Crippen molar-refractivity contribution in [2.75, 3.05) is 0 Å². The number of nitrogens with zero attached hydrogens (tertiary/aromatic N) is 2. The maximum Gasteiger partial charge on any atom is 0.388 e. The Morgan fingerprint density at radius 3 is 2.38 bits per heavy atom. The zero-order valence-electron chi connectivity index (χ0n) is 11.5. The summed E-state index contributed by atoms with van der Waals surface area (Å²) in [7, 11) is 0. The van der Waals surface area contributed by atoms with Crippen LogP contribution in [-0.4, -0.2) is 27.5 Å². The standard InChI is InChI=1S/C14H14F2N2O3/c1-8(2)9-3-5-10(6-4-9)18-12(21-14(15)16)7-11(17-18)13(19)20/h3-8,14H,1-2H3,(H,19,20). The van der Waals surface area contributed by atoms with Gasteiger partial charge in [-0.05, 0) is 23.6 Å². The molecule has 0 spiro atoms. The van der Waals surface area contributed by atoms with Crippen molar-refractivity contribution in [3.8, 4) is 11.6 Å². The van der Waals surface area contributed by atoms with Gasteiger partial charge in [0.05, 0.1) is 5.69 Å². The summed E-state index contributed by atoms with van der Waals surface area (Å²) in [6.45, 7) is 0.991. The highest BCUT2D eigenvalue weighted by Gasteiger charge is 2.18. The fourth-order valence-corrected chi connectivity index (χ4v) is 1.83. The lowest BCUT2D eigenvalue weighted by Gasteiger charge is -2.10. The predicted molar refractivity (Wildman–Crippen MR) is 71.2 cm³/mol. The highest BCUT2D eigenvalue weighted by molar-refractivity contribution is 5.85. The number of hydrogen-bond acceptors (Lipinski definition) is 3. The van der Waals surface area contributed by atoms with E-state index < -0.39 is 12.6 Å². The maximum atomic E-state index is 12.4. The van der Waals surface area contributed by atoms with Gasteiger partial charge in [0.15, 0.2) is 5.69 Å². The molecule has 2 rings (SSSR count). The van der Waals surface area contributed by atoms with Crippen LogP contribution < -0.4 is 4.74 Å². The Kier molecular flexibility index (Phi) is 4.21. The summed E-state index contributed by atoms with van der Waals surface area (Å²) in [5.74, 6) is -1.31. The Morgan fingerprint density at radius 2 is 1.90 bits per heavy atom. The second kappa shape index (κ2) is 5.90. The molecule has 0 aliphatic heterocycles. The SMILES string of the molecule is CC(C)c1ccc(-n2nc(C(=O)O)cc2OC(F)F)cc1. The minimum absolute atomic E-state index is 0.320. The molecule has 0 atom stereocenters. The third-order valence-corrected chi connectivity index (χ3v) is 2.91. The van der Waals surface area contributed by atoms with Crippen LogP contribution in [0.2, 0.25) is 0 Å². The van der Waals surface area contributed by atoms with E-state index in [4.69, 9.17) is 5.11 Å². The summed E-state index contributed by atoms with van der Waals surface area (Å²) in [5.41, 5.74) is 1.15. The summed E-state index contributed by atoms with van der Waals surface area (Å²) in [6.07, 6.45) is 0. The number of carboxylic acid groups (broad SMARTS) is 1. The molecule has 5 nitrogen and oxygen atoms in total. The second-order valence-corrected chi connectivity index (χ2v) is 4.71. The molecule has 0 fully saturated rings. The monoisotopic (exact) mass is 296 g/mol. The lowest BCUT2D eigenvalue weighted by Crippen LogP contribution is -2.08. The highest BCUT2D eigenvalue weighted by atomic mass is 19.3. The number of ether oxygens (including phenoxy) is 1. The number of aromatic carboxylic acids is 1. The first-order valence-electron chi connectivity index (χ1n) is 6.27. The highest BCUT2D eigenvalue weighted by Crippen LogP contribution is 2.23. The number of carboxylic acids is 1. The average molecular weight is 296 g/mol. The second-order valence-electron chi connectivity index (χ2n) is 4.71. The van der Waals surface area contributed by atoms with Gasteiger partial charge in [0, 0.05) is 6.07 Å². The molecule has 1 heterocycles. The normalized spacial score (nSPS) is 11.1. The molecule has 1 N–H and O–H groups in total. The van der Waals surface area contributed by atoms with Crippen molar-refractivity contribution in [3.05, 3.63) is 41.6 Å². The van der Waals surface area contributed by atoms with E-state index in [-0.39, 0.29) is 11.6 Å². The number of aromatic nitrogens is 2. The van der Waals surface area contributed by atoms with Gasteiger partial charge >= 0.3 is 12.6 Å². The van der Waals surface area contributed by atoms with Gasteiger partial charge in [0.25, 0.3) is 0 Å². The van der Waals surface area contributed by atoms with E-state index in [1.807, 2.05) is 26.0 Å². The lowest BCUT2D eigenvalue weighted by molar-refractivity contribution is -0.0544. The average Bonchev–Trinajstić information content (AvgIpc) is 2.82. The van der Waals surface area contributed by atoms with Crippen molar-refractivity contribution in [2.24, 2.45) is 0 Å². The molecule has 0 amide bonds. The Balaban J connectivity index is 2.43. The van der Waals surface area contributed by atoms with Gasteiger partial charge in [0.1, 0.15) is 0 Å². The third kappa shape index (κ3) is 3.36. The maximum absolute atomic E-state index is 12.4. The first kappa shape index (κ1) is 15.0. The fourth-order valence-electron chi connectivity index (χ4n) is 1.83. The molecule has 7 heteroatoms. The van der Waals surface area contributed by atoms with Gasteiger partial charge < -0.3 is 9.84 Å². The van der Waals surface area contributed by atoms with Gasteiger partial charge in [0.2, 0.25) is 5.88 Å². The molecule has 2 aromatic rings. The molecule has 1 aromatic carbocycles. The van der Waals surface area contributed by atoms with Crippen LogP contribution >= 0.6 is 0 Å². The molecule has 0 saturated carbocycles. The van der Waals surface area contributed by atoms with Gasteiger partial charge in [-0.3, -0.25) is 0 Å². The van der Waals surface area contributed by atoms with Gasteiger partial charge in [-0.2, -0.15) is 13.9 Å². The predicted octanol–water partition coefficient (Wildman–Crippen LogP) is 3.30. The number of rotatable bonds is 5. The Morgan fingerprint density at radius 1 is 1.29 bits per heavy atom. The number of halogens is 2. The molecule has 0 saturated heterocycles. The minimum Gasteiger partial charge on any atom is -0.476 e. The molecule has 0 aliphatic carbocycles. The van der Waals surface area contributed by atoms with Crippen LogP contribution in [0.1, 0.15) is 35.8 Å². The summed E-state index contributed by atoms with van der Waals surface area (Å²) >= 11 is 0. The lowest BCUT2D eigenvalue weighted by atomic mass is 10.0. The number of benzene rings is 1. The van der Waals surface area contributed by atoms with Crippen molar-refractivity contribution in [3.63, 3.8) is 0 Å². The van der Waals surface area contributed by atoms with Crippen molar-refractivity contribution in [1.82, 2.24) is 9.78 Å². The topological polar surface area (TPSA) is 64.4 Å². The van der Waals surface area contributed by atoms with Crippen LogP contribution in [-0.2, 0) is 0 Å². The Hall–Kier alpha value is -2.44. The van der Waals surface area contributed by atoms with E-state index in [9.17, 15) is 13.6 Å². The summed E-state index contributed by atoms with van der Waals surface area (Å²) in [6, 6.07) is 7.96. The first-order chi connectivity index (χ1) is 9.88. The van der Waals surface area contributed by atoms with Crippen molar-refractivity contribution in [1.29, 1.82) is 0 Å².